The summed E-state index contributed by atoms with van der Waals surface area (Å²) in [6.07, 6.45) is 3.83. The highest BCUT2D eigenvalue weighted by molar-refractivity contribution is 8.00. The molecule has 1 fully saturated rings. The number of hydrogen-bond donors (Lipinski definition) is 1. The molecule has 0 radical (unpaired) electrons. The maximum atomic E-state index is 12.7. The lowest BCUT2D eigenvalue weighted by atomic mass is 9.84. The fourth-order valence-electron chi connectivity index (χ4n) is 1.96. The second kappa shape index (κ2) is 4.54. The van der Waals surface area contributed by atoms with Gasteiger partial charge in [-0.15, -0.1) is 11.8 Å². The maximum Gasteiger partial charge on any atom is 0.123 e. The Morgan fingerprint density at radius 3 is 2.47 bits per heavy atom. The Balaban J connectivity index is 2.03. The molecule has 1 nitrogen and oxygen atoms in total. The van der Waals surface area contributed by atoms with E-state index in [0.29, 0.717) is 4.75 Å². The van der Waals surface area contributed by atoms with Gasteiger partial charge in [0, 0.05) is 16.2 Å². The van der Waals surface area contributed by atoms with Crippen LogP contribution in [-0.4, -0.2) is 18.3 Å². The molecule has 0 aromatic heterocycles. The molecule has 1 saturated carbocycles. The number of benzene rings is 1. The third-order valence-corrected chi connectivity index (χ3v) is 4.41. The van der Waals surface area contributed by atoms with Crippen molar-refractivity contribution in [2.24, 2.45) is 0 Å². The summed E-state index contributed by atoms with van der Waals surface area (Å²) in [7, 11) is 1.99. The third-order valence-electron chi connectivity index (χ3n) is 2.91. The van der Waals surface area contributed by atoms with Gasteiger partial charge in [-0.1, -0.05) is 6.42 Å². The Morgan fingerprint density at radius 2 is 2.00 bits per heavy atom. The monoisotopic (exact) mass is 225 g/mol. The molecule has 15 heavy (non-hydrogen) atoms. The summed E-state index contributed by atoms with van der Waals surface area (Å²) in [4.78, 5) is 1.17. The largest absolute Gasteiger partial charge is 0.318 e. The topological polar surface area (TPSA) is 12.0 Å². The molecule has 1 N–H and O–H groups in total. The van der Waals surface area contributed by atoms with Crippen LogP contribution in [0.25, 0.3) is 0 Å². The van der Waals surface area contributed by atoms with Crippen LogP contribution in [0, 0.1) is 5.82 Å². The van der Waals surface area contributed by atoms with E-state index in [-0.39, 0.29) is 5.82 Å². The van der Waals surface area contributed by atoms with E-state index in [4.69, 9.17) is 0 Å². The zero-order valence-corrected chi connectivity index (χ0v) is 9.74. The highest BCUT2D eigenvalue weighted by Gasteiger charge is 2.37. The van der Waals surface area contributed by atoms with Crippen LogP contribution in [0.3, 0.4) is 0 Å². The Hall–Kier alpha value is -0.540. The van der Waals surface area contributed by atoms with Crippen LogP contribution in [0.15, 0.2) is 29.2 Å². The van der Waals surface area contributed by atoms with E-state index >= 15 is 0 Å². The lowest BCUT2D eigenvalue weighted by molar-refractivity contribution is 0.353. The molecule has 1 aliphatic rings. The van der Waals surface area contributed by atoms with Gasteiger partial charge in [-0.25, -0.2) is 4.39 Å². The normalized spacial score (nSPS) is 18.5. The second-order valence-electron chi connectivity index (χ2n) is 4.12. The third kappa shape index (κ3) is 2.52. The SMILES string of the molecule is CNCC1(Sc2ccc(F)cc2)CCC1. The van der Waals surface area contributed by atoms with E-state index in [1.54, 1.807) is 0 Å². The lowest BCUT2D eigenvalue weighted by Crippen LogP contribution is -2.42. The minimum Gasteiger partial charge on any atom is -0.318 e. The summed E-state index contributed by atoms with van der Waals surface area (Å²) < 4.78 is 13.1. The fraction of sp³-hybridized carbons (Fsp3) is 0.500. The van der Waals surface area contributed by atoms with Gasteiger partial charge in [0.25, 0.3) is 0 Å². The van der Waals surface area contributed by atoms with E-state index in [2.05, 4.69) is 5.32 Å². The molecule has 0 amide bonds. The first-order valence-corrected chi connectivity index (χ1v) is 6.15. The molecule has 0 bridgehead atoms. The van der Waals surface area contributed by atoms with Crippen molar-refractivity contribution in [3.63, 3.8) is 0 Å². The van der Waals surface area contributed by atoms with Gasteiger partial charge in [-0.3, -0.25) is 0 Å². The van der Waals surface area contributed by atoms with Gasteiger partial charge >= 0.3 is 0 Å². The van der Waals surface area contributed by atoms with Gasteiger partial charge in [0.05, 0.1) is 0 Å². The molecule has 0 aliphatic heterocycles. The van der Waals surface area contributed by atoms with Crippen LogP contribution >= 0.6 is 11.8 Å². The van der Waals surface area contributed by atoms with Crippen LogP contribution in [0.5, 0.6) is 0 Å². The molecule has 0 heterocycles. The molecule has 0 atom stereocenters. The quantitative estimate of drug-likeness (QED) is 0.845. The summed E-state index contributed by atoms with van der Waals surface area (Å²) in [6.45, 7) is 1.04. The Labute approximate surface area is 94.5 Å². The first-order chi connectivity index (χ1) is 7.24. The summed E-state index contributed by atoms with van der Waals surface area (Å²) in [5.41, 5.74) is 0. The van der Waals surface area contributed by atoms with Gasteiger partial charge in [0.15, 0.2) is 0 Å². The minimum atomic E-state index is -0.157. The van der Waals surface area contributed by atoms with Crippen LogP contribution in [-0.2, 0) is 0 Å². The standard InChI is InChI=1S/C12H16FNS/c1-14-9-12(7-2-8-12)15-11-5-3-10(13)4-6-11/h3-6,14H,2,7-9H2,1H3. The fourth-order valence-corrected chi connectivity index (χ4v) is 3.44. The number of rotatable bonds is 4. The highest BCUT2D eigenvalue weighted by atomic mass is 32.2. The second-order valence-corrected chi connectivity index (χ2v) is 5.66. The van der Waals surface area contributed by atoms with Crippen molar-refractivity contribution >= 4 is 11.8 Å². The molecule has 0 unspecified atom stereocenters. The molecular formula is C12H16FNS. The maximum absolute atomic E-state index is 12.7. The van der Waals surface area contributed by atoms with Crippen molar-refractivity contribution in [2.45, 2.75) is 28.9 Å². The van der Waals surface area contributed by atoms with Crippen molar-refractivity contribution in [1.82, 2.24) is 5.32 Å². The zero-order chi connectivity index (χ0) is 10.7. The van der Waals surface area contributed by atoms with Crippen LogP contribution < -0.4 is 5.32 Å². The van der Waals surface area contributed by atoms with E-state index in [1.165, 1.54) is 36.3 Å². The summed E-state index contributed by atoms with van der Waals surface area (Å²) in [6, 6.07) is 6.81. The van der Waals surface area contributed by atoms with Gasteiger partial charge in [-0.05, 0) is 44.2 Å². The van der Waals surface area contributed by atoms with Crippen LogP contribution in [0.1, 0.15) is 19.3 Å². The predicted octanol–water partition coefficient (Wildman–Crippen LogP) is 3.06. The van der Waals surface area contributed by atoms with Crippen molar-refractivity contribution in [1.29, 1.82) is 0 Å². The molecule has 82 valence electrons. The van der Waals surface area contributed by atoms with Crippen molar-refractivity contribution in [2.75, 3.05) is 13.6 Å². The number of nitrogens with one attached hydrogen (secondary N) is 1. The summed E-state index contributed by atoms with van der Waals surface area (Å²) in [5, 5.41) is 3.25. The van der Waals surface area contributed by atoms with Crippen LogP contribution in [0.2, 0.25) is 0 Å². The molecule has 1 aliphatic carbocycles. The first-order valence-electron chi connectivity index (χ1n) is 5.33. The Bertz CT molecular complexity index is 319. The summed E-state index contributed by atoms with van der Waals surface area (Å²) in [5.74, 6) is -0.157. The van der Waals surface area contributed by atoms with E-state index < -0.39 is 0 Å². The van der Waals surface area contributed by atoms with Crippen molar-refractivity contribution < 1.29 is 4.39 Å². The first kappa shape index (κ1) is 11.0. The minimum absolute atomic E-state index is 0.157. The molecule has 0 spiro atoms. The molecule has 0 saturated heterocycles. The van der Waals surface area contributed by atoms with E-state index in [0.717, 1.165) is 6.54 Å². The summed E-state index contributed by atoms with van der Waals surface area (Å²) >= 11 is 1.88. The molecule has 2 rings (SSSR count). The molecule has 1 aromatic rings. The highest BCUT2D eigenvalue weighted by Crippen LogP contribution is 2.47. The van der Waals surface area contributed by atoms with Crippen LogP contribution in [0.4, 0.5) is 4.39 Å². The number of thioether (sulfide) groups is 1. The Morgan fingerprint density at radius 1 is 1.33 bits per heavy atom. The lowest BCUT2D eigenvalue weighted by Gasteiger charge is -2.41. The smallest absolute Gasteiger partial charge is 0.123 e. The predicted molar refractivity (Wildman–Crippen MR) is 62.8 cm³/mol. The number of halogens is 1. The molecular weight excluding hydrogens is 209 g/mol. The van der Waals surface area contributed by atoms with Crippen molar-refractivity contribution in [3.05, 3.63) is 30.1 Å². The van der Waals surface area contributed by atoms with E-state index in [1.807, 2.05) is 30.9 Å². The average Bonchev–Trinajstić information content (AvgIpc) is 2.18. The van der Waals surface area contributed by atoms with Gasteiger partial charge < -0.3 is 5.32 Å². The van der Waals surface area contributed by atoms with E-state index in [9.17, 15) is 4.39 Å². The average molecular weight is 225 g/mol. The Kier molecular flexibility index (Phi) is 3.32. The zero-order valence-electron chi connectivity index (χ0n) is 8.92. The van der Waals surface area contributed by atoms with Gasteiger partial charge in [-0.2, -0.15) is 0 Å². The molecule has 1 aromatic carbocycles. The van der Waals surface area contributed by atoms with Crippen molar-refractivity contribution in [3.8, 4) is 0 Å². The van der Waals surface area contributed by atoms with Gasteiger partial charge in [0.2, 0.25) is 0 Å². The number of hydrogen-bond acceptors (Lipinski definition) is 2. The molecule has 3 heteroatoms. The van der Waals surface area contributed by atoms with Gasteiger partial charge in [0.1, 0.15) is 5.82 Å².